The van der Waals surface area contributed by atoms with Crippen LogP contribution in [-0.2, 0) is 12.8 Å². The van der Waals surface area contributed by atoms with Crippen molar-refractivity contribution in [2.45, 2.75) is 51.4 Å². The van der Waals surface area contributed by atoms with Crippen molar-refractivity contribution < 1.29 is 0 Å². The summed E-state index contributed by atoms with van der Waals surface area (Å²) in [5.41, 5.74) is 15.0. The van der Waals surface area contributed by atoms with Crippen LogP contribution in [0.2, 0.25) is 0 Å². The summed E-state index contributed by atoms with van der Waals surface area (Å²) in [7, 11) is 0. The maximum Gasteiger partial charge on any atom is 0.00954 e. The molecule has 0 fully saturated rings. The first-order valence-electron chi connectivity index (χ1n) is 12.2. The van der Waals surface area contributed by atoms with E-state index in [1.807, 2.05) is 0 Å². The van der Waals surface area contributed by atoms with Crippen molar-refractivity contribution in [3.8, 4) is 22.3 Å². The van der Waals surface area contributed by atoms with Gasteiger partial charge in [0, 0.05) is 5.92 Å². The molecule has 0 spiro atoms. The first-order valence-corrected chi connectivity index (χ1v) is 12.2. The molecule has 32 heavy (non-hydrogen) atoms. The van der Waals surface area contributed by atoms with Gasteiger partial charge in [-0.25, -0.2) is 0 Å². The van der Waals surface area contributed by atoms with Gasteiger partial charge in [-0.1, -0.05) is 111 Å². The molecule has 0 nitrogen and oxygen atoms in total. The third-order valence-corrected chi connectivity index (χ3v) is 7.62. The van der Waals surface area contributed by atoms with E-state index in [-0.39, 0.29) is 0 Å². The number of unbranched alkanes of at least 4 members (excludes halogenated alkanes) is 2. The van der Waals surface area contributed by atoms with Gasteiger partial charge in [0.2, 0.25) is 0 Å². The van der Waals surface area contributed by atoms with Crippen LogP contribution in [0, 0.1) is 0 Å². The zero-order chi connectivity index (χ0) is 21.5. The van der Waals surface area contributed by atoms with Crippen molar-refractivity contribution in [3.05, 3.63) is 118 Å². The van der Waals surface area contributed by atoms with Crippen LogP contribution in [0.25, 0.3) is 22.3 Å². The van der Waals surface area contributed by atoms with E-state index in [0.29, 0.717) is 5.92 Å². The molecule has 6 rings (SSSR count). The Bertz CT molecular complexity index is 1200. The van der Waals surface area contributed by atoms with Gasteiger partial charge in [-0.2, -0.15) is 0 Å². The van der Waals surface area contributed by atoms with Gasteiger partial charge in [-0.05, 0) is 74.9 Å². The minimum absolute atomic E-state index is 0.468. The van der Waals surface area contributed by atoms with E-state index in [1.165, 1.54) is 59.1 Å². The maximum atomic E-state index is 2.42. The Kier molecular flexibility index (Phi) is 4.95. The van der Waals surface area contributed by atoms with Crippen LogP contribution in [-0.4, -0.2) is 0 Å². The van der Waals surface area contributed by atoms with Crippen LogP contribution >= 0.6 is 0 Å². The molecule has 0 aromatic heterocycles. The molecule has 0 unspecified atom stereocenters. The van der Waals surface area contributed by atoms with E-state index in [9.17, 15) is 0 Å². The molecule has 0 aliphatic heterocycles. The summed E-state index contributed by atoms with van der Waals surface area (Å²) in [5, 5.41) is 0. The standard InChI is InChI=1S/C32H30/c1-2-3-4-15-28(29-18-9-16-26-24-13-7-5-11-22(24)20-31(26)29)30-19-10-17-27-25-14-8-6-12-23(25)21-32(27)30/h5-14,16-19,28H,2-4,15,20-21H2,1H3. The second kappa shape index (κ2) is 8.10. The molecule has 4 aromatic rings. The summed E-state index contributed by atoms with van der Waals surface area (Å²) in [4.78, 5) is 0. The largest absolute Gasteiger partial charge is 0.0654 e. The van der Waals surface area contributed by atoms with Crippen molar-refractivity contribution in [3.63, 3.8) is 0 Å². The van der Waals surface area contributed by atoms with Gasteiger partial charge in [0.05, 0.1) is 0 Å². The normalized spacial score (nSPS) is 13.1. The first-order chi connectivity index (χ1) is 15.8. The van der Waals surface area contributed by atoms with Gasteiger partial charge in [0.15, 0.2) is 0 Å². The fraction of sp³-hybridized carbons (Fsp3) is 0.250. The zero-order valence-electron chi connectivity index (χ0n) is 18.9. The van der Waals surface area contributed by atoms with Crippen LogP contribution in [0.5, 0.6) is 0 Å². The minimum atomic E-state index is 0.468. The Labute approximate surface area is 192 Å². The van der Waals surface area contributed by atoms with Crippen molar-refractivity contribution in [2.24, 2.45) is 0 Å². The van der Waals surface area contributed by atoms with Gasteiger partial charge in [-0.3, -0.25) is 0 Å². The van der Waals surface area contributed by atoms with Crippen LogP contribution in [0.15, 0.2) is 84.9 Å². The maximum absolute atomic E-state index is 2.42. The van der Waals surface area contributed by atoms with Crippen molar-refractivity contribution >= 4 is 0 Å². The zero-order valence-corrected chi connectivity index (χ0v) is 18.9. The topological polar surface area (TPSA) is 0 Å². The van der Waals surface area contributed by atoms with Crippen LogP contribution in [0.1, 0.15) is 71.9 Å². The lowest BCUT2D eigenvalue weighted by Crippen LogP contribution is -2.08. The van der Waals surface area contributed by atoms with E-state index in [1.54, 1.807) is 22.3 Å². The smallest absolute Gasteiger partial charge is 0.00954 e. The molecule has 0 atom stereocenters. The monoisotopic (exact) mass is 414 g/mol. The van der Waals surface area contributed by atoms with Gasteiger partial charge in [0.1, 0.15) is 0 Å². The van der Waals surface area contributed by atoms with Gasteiger partial charge < -0.3 is 0 Å². The van der Waals surface area contributed by atoms with E-state index >= 15 is 0 Å². The van der Waals surface area contributed by atoms with Crippen molar-refractivity contribution in [1.82, 2.24) is 0 Å². The van der Waals surface area contributed by atoms with Gasteiger partial charge >= 0.3 is 0 Å². The molecular weight excluding hydrogens is 384 g/mol. The summed E-state index contributed by atoms with van der Waals surface area (Å²) in [6.07, 6.45) is 7.23. The summed E-state index contributed by atoms with van der Waals surface area (Å²) in [6.45, 7) is 2.31. The minimum Gasteiger partial charge on any atom is -0.0654 e. The number of rotatable bonds is 6. The molecule has 0 amide bonds. The second-order valence-electron chi connectivity index (χ2n) is 9.46. The Hall–Kier alpha value is -3.12. The number of hydrogen-bond donors (Lipinski definition) is 0. The average molecular weight is 415 g/mol. The predicted octanol–water partition coefficient (Wildman–Crippen LogP) is 8.54. The molecule has 2 aliphatic carbocycles. The Balaban J connectivity index is 1.48. The molecule has 0 bridgehead atoms. The lowest BCUT2D eigenvalue weighted by molar-refractivity contribution is 0.614. The summed E-state index contributed by atoms with van der Waals surface area (Å²) in [6, 6.07) is 32.0. The van der Waals surface area contributed by atoms with Crippen LogP contribution in [0.4, 0.5) is 0 Å². The first kappa shape index (κ1) is 19.6. The van der Waals surface area contributed by atoms with E-state index in [0.717, 1.165) is 12.8 Å². The van der Waals surface area contributed by atoms with Gasteiger partial charge in [-0.15, -0.1) is 0 Å². The van der Waals surface area contributed by atoms with Crippen molar-refractivity contribution in [1.29, 1.82) is 0 Å². The molecule has 0 saturated heterocycles. The van der Waals surface area contributed by atoms with E-state index in [2.05, 4.69) is 91.9 Å². The molecule has 0 heterocycles. The third kappa shape index (κ3) is 3.13. The highest BCUT2D eigenvalue weighted by Gasteiger charge is 2.29. The highest BCUT2D eigenvalue weighted by Crippen LogP contribution is 2.46. The summed E-state index contributed by atoms with van der Waals surface area (Å²) in [5.74, 6) is 0.468. The number of benzene rings is 4. The fourth-order valence-electron chi connectivity index (χ4n) is 6.09. The second-order valence-corrected chi connectivity index (χ2v) is 9.46. The number of fused-ring (bicyclic) bond motifs is 6. The molecule has 0 saturated carbocycles. The Morgan fingerprint density at radius 1 is 0.562 bits per heavy atom. The van der Waals surface area contributed by atoms with E-state index in [4.69, 9.17) is 0 Å². The average Bonchev–Trinajstić information content (AvgIpc) is 3.41. The quantitative estimate of drug-likeness (QED) is 0.239. The molecular formula is C32H30. The van der Waals surface area contributed by atoms with Crippen LogP contribution in [0.3, 0.4) is 0 Å². The highest BCUT2D eigenvalue weighted by molar-refractivity contribution is 5.80. The summed E-state index contributed by atoms with van der Waals surface area (Å²) >= 11 is 0. The molecule has 158 valence electrons. The Morgan fingerprint density at radius 2 is 1.06 bits per heavy atom. The SMILES string of the molecule is CCCCCC(c1cccc2c1Cc1ccccc1-2)c1cccc2c1Cc1ccccc1-2. The molecule has 2 aliphatic rings. The lowest BCUT2D eigenvalue weighted by atomic mass is 9.80. The fourth-order valence-corrected chi connectivity index (χ4v) is 6.09. The molecule has 0 radical (unpaired) electrons. The lowest BCUT2D eigenvalue weighted by Gasteiger charge is -2.24. The van der Waals surface area contributed by atoms with Crippen LogP contribution < -0.4 is 0 Å². The predicted molar refractivity (Wildman–Crippen MR) is 135 cm³/mol. The Morgan fingerprint density at radius 3 is 1.59 bits per heavy atom. The molecule has 4 aromatic carbocycles. The highest BCUT2D eigenvalue weighted by atomic mass is 14.3. The molecule has 0 N–H and O–H groups in total. The third-order valence-electron chi connectivity index (χ3n) is 7.62. The van der Waals surface area contributed by atoms with Gasteiger partial charge in [0.25, 0.3) is 0 Å². The molecule has 0 heteroatoms. The van der Waals surface area contributed by atoms with Crippen molar-refractivity contribution in [2.75, 3.05) is 0 Å². The van der Waals surface area contributed by atoms with E-state index < -0.39 is 0 Å². The number of hydrogen-bond acceptors (Lipinski definition) is 0. The summed E-state index contributed by atoms with van der Waals surface area (Å²) < 4.78 is 0.